The van der Waals surface area contributed by atoms with Gasteiger partial charge in [0.25, 0.3) is 0 Å². The van der Waals surface area contributed by atoms with Gasteiger partial charge in [-0.3, -0.25) is 8.97 Å². The van der Waals surface area contributed by atoms with Crippen molar-refractivity contribution in [1.29, 1.82) is 0 Å². The summed E-state index contributed by atoms with van der Waals surface area (Å²) in [6.07, 6.45) is 6.47. The van der Waals surface area contributed by atoms with Crippen LogP contribution in [0.4, 0.5) is 4.79 Å². The average molecular weight is 617 g/mol. The summed E-state index contributed by atoms with van der Waals surface area (Å²) >= 11 is 0. The second kappa shape index (κ2) is 11.3. The van der Waals surface area contributed by atoms with E-state index in [1.165, 1.54) is 0 Å². The fraction of sp³-hybridized carbons (Fsp3) is 0.485. The number of hydrogen-bond acceptors (Lipinski definition) is 6. The number of hydrogen-bond donors (Lipinski definition) is 0. The van der Waals surface area contributed by atoms with E-state index < -0.39 is 13.7 Å². The highest BCUT2D eigenvalue weighted by atomic mass is 28.3. The molecule has 0 N–H and O–H groups in total. The quantitative estimate of drug-likeness (QED) is 0.139. The van der Waals surface area contributed by atoms with E-state index in [1.54, 1.807) is 12.0 Å². The van der Waals surface area contributed by atoms with Crippen LogP contribution in [0.1, 0.15) is 38.9 Å². The maximum atomic E-state index is 12.8. The summed E-state index contributed by atoms with van der Waals surface area (Å²) in [5.41, 5.74) is 5.41. The van der Waals surface area contributed by atoms with Gasteiger partial charge in [-0.15, -0.1) is 0 Å². The molecule has 0 unspecified atom stereocenters. The van der Waals surface area contributed by atoms with E-state index in [0.29, 0.717) is 26.4 Å². The monoisotopic (exact) mass is 616 g/mol. The van der Waals surface area contributed by atoms with Gasteiger partial charge in [-0.1, -0.05) is 19.6 Å². The van der Waals surface area contributed by atoms with Gasteiger partial charge in [0.05, 0.1) is 36.2 Å². The Morgan fingerprint density at radius 2 is 1.86 bits per heavy atom. The molecule has 0 spiro atoms. The molecule has 1 fully saturated rings. The van der Waals surface area contributed by atoms with Gasteiger partial charge in [0.15, 0.2) is 5.65 Å². The summed E-state index contributed by atoms with van der Waals surface area (Å²) in [6, 6.07) is 9.47. The third kappa shape index (κ3) is 5.82. The highest BCUT2D eigenvalue weighted by Crippen LogP contribution is 2.37. The molecule has 1 amide bonds. The molecule has 0 saturated carbocycles. The van der Waals surface area contributed by atoms with Crippen molar-refractivity contribution in [3.63, 3.8) is 0 Å². The molecule has 0 aliphatic carbocycles. The zero-order valence-electron chi connectivity index (χ0n) is 27.2. The molecule has 11 heteroatoms. The van der Waals surface area contributed by atoms with Crippen LogP contribution in [-0.4, -0.2) is 75.0 Å². The largest absolute Gasteiger partial charge is 0.497 e. The molecule has 1 aliphatic rings. The van der Waals surface area contributed by atoms with E-state index in [9.17, 15) is 4.79 Å². The molecule has 5 aromatic rings. The fourth-order valence-corrected chi connectivity index (χ4v) is 6.78. The normalized spacial score (nSPS) is 16.1. The number of fused-ring (bicyclic) bond motifs is 4. The van der Waals surface area contributed by atoms with Crippen LogP contribution in [-0.2, 0) is 23.3 Å². The van der Waals surface area contributed by atoms with Crippen molar-refractivity contribution in [1.82, 2.24) is 28.4 Å². The first-order chi connectivity index (χ1) is 20.8. The molecular weight excluding hydrogens is 572 g/mol. The SMILES string of the molecule is COc1ccc2c(c1)c(-c1cc3c(ncc4cnc([C@@H]5CCN(C(=O)OC(C)(C)C)C5)n43)n1COCC[Si](C)(C)C)cn2C. The maximum Gasteiger partial charge on any atom is 0.410 e. The van der Waals surface area contributed by atoms with Crippen LogP contribution in [0.15, 0.2) is 42.9 Å². The highest BCUT2D eigenvalue weighted by molar-refractivity contribution is 6.76. The van der Waals surface area contributed by atoms with Gasteiger partial charge in [-0.05, 0) is 57.5 Å². The lowest BCUT2D eigenvalue weighted by Crippen LogP contribution is -2.35. The minimum atomic E-state index is -1.25. The van der Waals surface area contributed by atoms with E-state index in [2.05, 4.69) is 64.6 Å². The number of ether oxygens (including phenoxy) is 3. The summed E-state index contributed by atoms with van der Waals surface area (Å²) in [5, 5.41) is 1.10. The number of rotatable bonds is 8. The fourth-order valence-electron chi connectivity index (χ4n) is 6.03. The average Bonchev–Trinajstić information content (AvgIpc) is 3.73. The molecule has 1 saturated heterocycles. The Kier molecular flexibility index (Phi) is 7.73. The molecule has 44 heavy (non-hydrogen) atoms. The molecule has 1 atom stereocenters. The number of carbonyl (C=O) groups excluding carboxylic acids is 1. The number of aromatic nitrogens is 5. The summed E-state index contributed by atoms with van der Waals surface area (Å²) < 4.78 is 24.1. The zero-order valence-corrected chi connectivity index (χ0v) is 28.2. The van der Waals surface area contributed by atoms with Crippen LogP contribution in [0, 0.1) is 0 Å². The number of aryl methyl sites for hydroxylation is 1. The van der Waals surface area contributed by atoms with Gasteiger partial charge >= 0.3 is 6.09 Å². The minimum absolute atomic E-state index is 0.0808. The predicted molar refractivity (Wildman–Crippen MR) is 176 cm³/mol. The van der Waals surface area contributed by atoms with E-state index in [-0.39, 0.29) is 12.0 Å². The van der Waals surface area contributed by atoms with Crippen LogP contribution in [0.2, 0.25) is 25.7 Å². The molecule has 0 radical (unpaired) electrons. The highest BCUT2D eigenvalue weighted by Gasteiger charge is 2.33. The number of likely N-dealkylation sites (tertiary alicyclic amines) is 1. The Balaban J connectivity index is 1.45. The first-order valence-corrected chi connectivity index (χ1v) is 19.1. The molecule has 234 valence electrons. The Labute approximate surface area is 259 Å². The number of imidazole rings is 1. The lowest BCUT2D eigenvalue weighted by atomic mass is 10.1. The minimum Gasteiger partial charge on any atom is -0.497 e. The molecule has 1 aromatic carbocycles. The third-order valence-corrected chi connectivity index (χ3v) is 10.0. The third-order valence-electron chi connectivity index (χ3n) is 8.32. The number of nitrogens with zero attached hydrogens (tertiary/aromatic N) is 6. The van der Waals surface area contributed by atoms with Gasteiger partial charge in [0.1, 0.15) is 23.9 Å². The Bertz CT molecular complexity index is 1840. The number of methoxy groups -OCH3 is 1. The van der Waals surface area contributed by atoms with Crippen LogP contribution in [0.5, 0.6) is 5.75 Å². The lowest BCUT2D eigenvalue weighted by molar-refractivity contribution is 0.0292. The maximum absolute atomic E-state index is 12.8. The molecule has 10 nitrogen and oxygen atoms in total. The lowest BCUT2D eigenvalue weighted by Gasteiger charge is -2.24. The van der Waals surface area contributed by atoms with E-state index in [4.69, 9.17) is 24.2 Å². The van der Waals surface area contributed by atoms with E-state index in [1.807, 2.05) is 39.2 Å². The Morgan fingerprint density at radius 1 is 1.09 bits per heavy atom. The summed E-state index contributed by atoms with van der Waals surface area (Å²) in [7, 11) is 2.51. The van der Waals surface area contributed by atoms with Crippen LogP contribution < -0.4 is 4.74 Å². The van der Waals surface area contributed by atoms with Crippen molar-refractivity contribution in [3.05, 3.63) is 48.7 Å². The van der Waals surface area contributed by atoms with E-state index >= 15 is 0 Å². The molecular formula is C33H44N6O4Si. The van der Waals surface area contributed by atoms with Crippen molar-refractivity contribution < 1.29 is 19.0 Å². The summed E-state index contributed by atoms with van der Waals surface area (Å²) in [4.78, 5) is 24.4. The Hall–Kier alpha value is -3.83. The number of amides is 1. The molecule has 1 aliphatic heterocycles. The second-order valence-corrected chi connectivity index (χ2v) is 19.7. The number of carbonyl (C=O) groups is 1. The van der Waals surface area contributed by atoms with Crippen molar-refractivity contribution >= 4 is 41.8 Å². The summed E-state index contributed by atoms with van der Waals surface area (Å²) in [5.74, 6) is 1.82. The van der Waals surface area contributed by atoms with Crippen LogP contribution >= 0.6 is 0 Å². The van der Waals surface area contributed by atoms with Crippen molar-refractivity contribution in [2.24, 2.45) is 7.05 Å². The predicted octanol–water partition coefficient (Wildman–Crippen LogP) is 6.89. The van der Waals surface area contributed by atoms with Gasteiger partial charge in [-0.25, -0.2) is 14.8 Å². The van der Waals surface area contributed by atoms with Crippen molar-refractivity contribution in [3.8, 4) is 17.0 Å². The van der Waals surface area contributed by atoms with Gasteiger partial charge in [-0.2, -0.15) is 0 Å². The van der Waals surface area contributed by atoms with Crippen molar-refractivity contribution in [2.75, 3.05) is 26.8 Å². The standard InChI is InChI=1S/C33H44N6O4Si/c1-33(2,3)43-32(40)37-12-11-22(19-37)30-34-17-23-18-35-31-29(39(23)30)16-28(38(31)21-42-13-14-44(6,7)8)26-20-36(4)27-10-9-24(41-5)15-25(26)27/h9-10,15-18,20,22H,11-14,19,21H2,1-8H3/t22-/m1/s1. The topological polar surface area (TPSA) is 88.1 Å². The Morgan fingerprint density at radius 3 is 2.59 bits per heavy atom. The molecule has 4 aromatic heterocycles. The van der Waals surface area contributed by atoms with Gasteiger partial charge in [0.2, 0.25) is 0 Å². The van der Waals surface area contributed by atoms with Gasteiger partial charge < -0.3 is 23.7 Å². The first-order valence-electron chi connectivity index (χ1n) is 15.4. The van der Waals surface area contributed by atoms with Crippen LogP contribution in [0.25, 0.3) is 38.8 Å². The molecule has 6 rings (SSSR count). The molecule has 0 bridgehead atoms. The first kappa shape index (κ1) is 30.2. The second-order valence-electron chi connectivity index (χ2n) is 14.1. The van der Waals surface area contributed by atoms with Crippen LogP contribution in [0.3, 0.4) is 0 Å². The smallest absolute Gasteiger partial charge is 0.410 e. The summed E-state index contributed by atoms with van der Waals surface area (Å²) in [6.45, 7) is 15.1. The van der Waals surface area contributed by atoms with E-state index in [0.717, 1.165) is 62.9 Å². The van der Waals surface area contributed by atoms with Gasteiger partial charge in [0, 0.05) is 63.4 Å². The zero-order chi connectivity index (χ0) is 31.4. The molecule has 5 heterocycles. The van der Waals surface area contributed by atoms with Crippen molar-refractivity contribution in [2.45, 2.75) is 71.1 Å². The number of benzene rings is 1.